The fraction of sp³-hybridized carbons (Fsp3) is 0.524. The van der Waals surface area contributed by atoms with Gasteiger partial charge in [0.15, 0.2) is 0 Å². The number of nitrogens with one attached hydrogen (secondary N) is 2. The molecule has 0 radical (unpaired) electrons. The molecule has 152 valence electrons. The number of benzene rings is 1. The average molecular weight is 396 g/mol. The molecule has 3 atom stereocenters. The van der Waals surface area contributed by atoms with Crippen molar-refractivity contribution in [2.45, 2.75) is 44.3 Å². The predicted octanol–water partition coefficient (Wildman–Crippen LogP) is 0.272. The highest BCUT2D eigenvalue weighted by atomic mass is 16.2. The van der Waals surface area contributed by atoms with Gasteiger partial charge < -0.3 is 5.32 Å². The zero-order chi connectivity index (χ0) is 20.1. The second kappa shape index (κ2) is 7.03. The summed E-state index contributed by atoms with van der Waals surface area (Å²) in [5.41, 5.74) is 1.59. The monoisotopic (exact) mass is 396 g/mol. The summed E-state index contributed by atoms with van der Waals surface area (Å²) in [6.45, 7) is 3.56. The second-order valence-corrected chi connectivity index (χ2v) is 8.53. The maximum atomic E-state index is 13.2. The lowest BCUT2D eigenvalue weighted by atomic mass is 9.97. The Bertz CT molecular complexity index is 892. The molecule has 4 amide bonds. The third kappa shape index (κ3) is 3.16. The first kappa shape index (κ1) is 18.4. The Morgan fingerprint density at radius 2 is 1.86 bits per heavy atom. The molecule has 8 heteroatoms. The van der Waals surface area contributed by atoms with Crippen LogP contribution in [0, 0.1) is 5.92 Å². The van der Waals surface area contributed by atoms with Crippen LogP contribution < -0.4 is 10.6 Å². The highest BCUT2D eigenvalue weighted by molar-refractivity contribution is 6.24. The lowest BCUT2D eigenvalue weighted by Gasteiger charge is -2.28. The zero-order valence-corrected chi connectivity index (χ0v) is 16.1. The molecule has 3 unspecified atom stereocenters. The quantitative estimate of drug-likeness (QED) is 0.712. The van der Waals surface area contributed by atoms with E-state index in [1.807, 2.05) is 6.07 Å². The first-order chi connectivity index (χ1) is 14.0. The molecule has 5 aliphatic rings. The summed E-state index contributed by atoms with van der Waals surface area (Å²) in [5.74, 6) is -1.20. The summed E-state index contributed by atoms with van der Waals surface area (Å²) in [7, 11) is 0. The van der Waals surface area contributed by atoms with Crippen LogP contribution in [0.4, 0.5) is 0 Å². The van der Waals surface area contributed by atoms with Crippen LogP contribution in [0.2, 0.25) is 0 Å². The molecule has 5 heterocycles. The highest BCUT2D eigenvalue weighted by Crippen LogP contribution is 2.31. The maximum absolute atomic E-state index is 13.2. The van der Waals surface area contributed by atoms with Crippen molar-refractivity contribution in [1.29, 1.82) is 0 Å². The molecule has 8 nitrogen and oxygen atoms in total. The van der Waals surface area contributed by atoms with Crippen LogP contribution in [0.3, 0.4) is 0 Å². The molecule has 4 saturated heterocycles. The minimum Gasteiger partial charge on any atom is -0.312 e. The molecule has 0 spiro atoms. The number of carbonyl (C=O) groups excluding carboxylic acids is 4. The number of hydrogen-bond donors (Lipinski definition) is 2. The van der Waals surface area contributed by atoms with E-state index in [0.717, 1.165) is 30.1 Å². The van der Waals surface area contributed by atoms with Crippen LogP contribution in [0.5, 0.6) is 0 Å². The third-order valence-corrected chi connectivity index (χ3v) is 6.56. The standard InChI is InChI=1S/C21H24N4O4/c26-17-7-6-16(19(27)23-17)25-20(28)15-3-1-2-13(18(15)21(25)29)10-24-9-12-4-5-14(11-24)22-8-12/h1-3,12,14,16,22H,4-11H2,(H,23,26,27). The Labute approximate surface area is 168 Å². The topological polar surface area (TPSA) is 98.8 Å². The van der Waals surface area contributed by atoms with E-state index in [4.69, 9.17) is 0 Å². The van der Waals surface area contributed by atoms with E-state index in [0.29, 0.717) is 29.6 Å². The van der Waals surface area contributed by atoms with Gasteiger partial charge in [0.05, 0.1) is 11.1 Å². The van der Waals surface area contributed by atoms with Crippen LogP contribution in [-0.2, 0) is 16.1 Å². The molecule has 0 aromatic heterocycles. The van der Waals surface area contributed by atoms with E-state index >= 15 is 0 Å². The molecule has 29 heavy (non-hydrogen) atoms. The number of imide groups is 2. The van der Waals surface area contributed by atoms with Crippen LogP contribution >= 0.6 is 0 Å². The van der Waals surface area contributed by atoms with Crippen molar-refractivity contribution < 1.29 is 19.2 Å². The van der Waals surface area contributed by atoms with Gasteiger partial charge in [-0.25, -0.2) is 0 Å². The zero-order valence-electron chi connectivity index (χ0n) is 16.1. The van der Waals surface area contributed by atoms with Gasteiger partial charge in [-0.2, -0.15) is 0 Å². The number of carbonyl (C=O) groups is 4. The fourth-order valence-corrected chi connectivity index (χ4v) is 5.12. The van der Waals surface area contributed by atoms with Crippen molar-refractivity contribution in [2.24, 2.45) is 5.92 Å². The maximum Gasteiger partial charge on any atom is 0.262 e. The minimum atomic E-state index is -0.925. The lowest BCUT2D eigenvalue weighted by molar-refractivity contribution is -0.136. The van der Waals surface area contributed by atoms with E-state index < -0.39 is 23.8 Å². The molecule has 0 saturated carbocycles. The van der Waals surface area contributed by atoms with Crippen LogP contribution in [0.15, 0.2) is 18.2 Å². The Balaban J connectivity index is 1.42. The molecule has 2 N–H and O–H groups in total. The number of fused-ring (bicyclic) bond motifs is 5. The van der Waals surface area contributed by atoms with Gasteiger partial charge >= 0.3 is 0 Å². The van der Waals surface area contributed by atoms with Crippen molar-refractivity contribution in [1.82, 2.24) is 20.4 Å². The van der Waals surface area contributed by atoms with Crippen LogP contribution in [0.25, 0.3) is 0 Å². The largest absolute Gasteiger partial charge is 0.312 e. The van der Waals surface area contributed by atoms with Crippen molar-refractivity contribution >= 4 is 23.6 Å². The summed E-state index contributed by atoms with van der Waals surface area (Å²) < 4.78 is 0. The molecule has 1 aromatic carbocycles. The Morgan fingerprint density at radius 3 is 2.62 bits per heavy atom. The van der Waals surface area contributed by atoms with Gasteiger partial charge in [0.2, 0.25) is 11.8 Å². The summed E-state index contributed by atoms with van der Waals surface area (Å²) in [5, 5.41) is 5.82. The predicted molar refractivity (Wildman–Crippen MR) is 103 cm³/mol. The van der Waals surface area contributed by atoms with Crippen LogP contribution in [0.1, 0.15) is 52.0 Å². The Hall–Kier alpha value is -2.58. The fourth-order valence-electron chi connectivity index (χ4n) is 5.12. The van der Waals surface area contributed by atoms with Gasteiger partial charge in [0.1, 0.15) is 6.04 Å². The molecule has 2 bridgehead atoms. The average Bonchev–Trinajstić information content (AvgIpc) is 2.87. The molecular formula is C21H24N4O4. The van der Waals surface area contributed by atoms with Gasteiger partial charge in [-0.05, 0) is 43.4 Å². The Kier molecular flexibility index (Phi) is 4.48. The van der Waals surface area contributed by atoms with E-state index in [1.165, 1.54) is 12.8 Å². The van der Waals surface area contributed by atoms with E-state index in [9.17, 15) is 19.2 Å². The summed E-state index contributed by atoms with van der Waals surface area (Å²) >= 11 is 0. The lowest BCUT2D eigenvalue weighted by Crippen LogP contribution is -2.54. The molecular weight excluding hydrogens is 372 g/mol. The van der Waals surface area contributed by atoms with Gasteiger partial charge in [0, 0.05) is 32.1 Å². The number of amides is 4. The molecule has 6 rings (SSSR count). The second-order valence-electron chi connectivity index (χ2n) is 8.53. The van der Waals surface area contributed by atoms with Crippen molar-refractivity contribution in [2.75, 3.05) is 19.6 Å². The van der Waals surface area contributed by atoms with Crippen molar-refractivity contribution in [3.8, 4) is 0 Å². The summed E-state index contributed by atoms with van der Waals surface area (Å²) in [4.78, 5) is 53.3. The highest BCUT2D eigenvalue weighted by Gasteiger charge is 2.45. The van der Waals surface area contributed by atoms with Crippen molar-refractivity contribution in [3.05, 3.63) is 34.9 Å². The van der Waals surface area contributed by atoms with Gasteiger partial charge in [-0.15, -0.1) is 0 Å². The number of hydrogen-bond acceptors (Lipinski definition) is 6. The third-order valence-electron chi connectivity index (χ3n) is 6.56. The van der Waals surface area contributed by atoms with E-state index in [1.54, 1.807) is 12.1 Å². The van der Waals surface area contributed by atoms with Crippen LogP contribution in [-0.4, -0.2) is 65.1 Å². The van der Waals surface area contributed by atoms with Gasteiger partial charge in [0.25, 0.3) is 11.8 Å². The normalized spacial score (nSPS) is 29.8. The smallest absolute Gasteiger partial charge is 0.262 e. The number of rotatable bonds is 3. The van der Waals surface area contributed by atoms with E-state index in [2.05, 4.69) is 15.5 Å². The molecule has 0 aliphatic carbocycles. The summed E-state index contributed by atoms with van der Waals surface area (Å²) in [6.07, 6.45) is 2.70. The first-order valence-corrected chi connectivity index (χ1v) is 10.3. The van der Waals surface area contributed by atoms with E-state index in [-0.39, 0.29) is 18.7 Å². The Morgan fingerprint density at radius 1 is 1.00 bits per heavy atom. The van der Waals surface area contributed by atoms with Gasteiger partial charge in [-0.3, -0.25) is 34.3 Å². The number of piperidine rings is 2. The molecule has 5 aliphatic heterocycles. The molecule has 1 aromatic rings. The summed E-state index contributed by atoms with van der Waals surface area (Å²) in [6, 6.07) is 4.91. The molecule has 4 fully saturated rings. The minimum absolute atomic E-state index is 0.125. The number of nitrogens with zero attached hydrogens (tertiary/aromatic N) is 2. The SMILES string of the molecule is O=C1CCC(N2C(=O)c3cccc(CN4CC5CCC(C4)NC5)c3C2=O)C(=O)N1. The first-order valence-electron chi connectivity index (χ1n) is 10.3. The van der Waals surface area contributed by atoms with Gasteiger partial charge in [-0.1, -0.05) is 12.1 Å². The van der Waals surface area contributed by atoms with Crippen molar-refractivity contribution in [3.63, 3.8) is 0 Å².